The lowest BCUT2D eigenvalue weighted by Gasteiger charge is -2.18. The first kappa shape index (κ1) is 22.8. The molecule has 0 aliphatic carbocycles. The van der Waals surface area contributed by atoms with Crippen molar-refractivity contribution in [2.45, 2.75) is 11.8 Å². The molecule has 0 saturated heterocycles. The second-order valence-corrected chi connectivity index (χ2v) is 8.94. The Morgan fingerprint density at radius 2 is 1.50 bits per heavy atom. The van der Waals surface area contributed by atoms with Crippen LogP contribution in [0.2, 0.25) is 10.0 Å². The smallest absolute Gasteiger partial charge is 0.384 e. The van der Waals surface area contributed by atoms with Gasteiger partial charge >= 0.3 is 13.3 Å². The van der Waals surface area contributed by atoms with E-state index in [0.29, 0.717) is 16.7 Å². The van der Waals surface area contributed by atoms with Crippen molar-refractivity contribution in [3.8, 4) is 11.1 Å². The maximum absolute atomic E-state index is 14.2. The number of aliphatic hydroxyl groups is 1. The highest BCUT2D eigenvalue weighted by Gasteiger charge is 2.50. The molecule has 0 amide bonds. The Kier molecular flexibility index (Phi) is 6.35. The Balaban J connectivity index is 1.94. The van der Waals surface area contributed by atoms with E-state index in [9.17, 15) is 22.8 Å². The summed E-state index contributed by atoms with van der Waals surface area (Å²) < 4.78 is 52.8. The van der Waals surface area contributed by atoms with Gasteiger partial charge < -0.3 is 14.9 Å². The van der Waals surface area contributed by atoms with E-state index < -0.39 is 30.7 Å². The highest BCUT2D eigenvalue weighted by molar-refractivity contribution is 7.52. The summed E-state index contributed by atoms with van der Waals surface area (Å²) in [5.41, 5.74) is -3.95. The maximum atomic E-state index is 14.2. The van der Waals surface area contributed by atoms with Crippen molar-refractivity contribution >= 4 is 30.8 Å². The topological polar surface area (TPSA) is 77.8 Å². The Bertz CT molecular complexity index is 1130. The van der Waals surface area contributed by atoms with Crippen molar-refractivity contribution in [3.05, 3.63) is 93.2 Å². The molecule has 4 nitrogen and oxygen atoms in total. The van der Waals surface area contributed by atoms with Gasteiger partial charge in [-0.25, -0.2) is 4.39 Å². The van der Waals surface area contributed by atoms with Gasteiger partial charge in [-0.1, -0.05) is 65.7 Å². The largest absolute Gasteiger partial charge is 0.399 e. The second-order valence-electron chi connectivity index (χ2n) is 6.48. The zero-order valence-electron chi connectivity index (χ0n) is 14.9. The molecule has 30 heavy (non-hydrogen) atoms. The molecular weight excluding hydrogens is 463 g/mol. The number of hydrogen-bond donors (Lipinski definition) is 3. The fraction of sp³-hybridized carbons (Fsp3) is 0.100. The molecule has 0 aromatic heterocycles. The van der Waals surface area contributed by atoms with Gasteiger partial charge in [0, 0.05) is 11.1 Å². The van der Waals surface area contributed by atoms with E-state index in [-0.39, 0.29) is 15.6 Å². The zero-order chi connectivity index (χ0) is 22.3. The van der Waals surface area contributed by atoms with Gasteiger partial charge in [0.25, 0.3) is 0 Å². The van der Waals surface area contributed by atoms with Crippen molar-refractivity contribution in [3.63, 3.8) is 0 Å². The van der Waals surface area contributed by atoms with Gasteiger partial charge in [-0.05, 0) is 34.9 Å². The molecule has 3 N–H and O–H groups in total. The first-order chi connectivity index (χ1) is 13.9. The third-order valence-electron chi connectivity index (χ3n) is 4.47. The third-order valence-corrected chi connectivity index (χ3v) is 6.18. The van der Waals surface area contributed by atoms with Crippen molar-refractivity contribution in [2.75, 3.05) is 0 Å². The van der Waals surface area contributed by atoms with Gasteiger partial charge in [-0.15, -0.1) is 0 Å². The first-order valence-corrected chi connectivity index (χ1v) is 10.8. The Labute approximate surface area is 179 Å². The highest BCUT2D eigenvalue weighted by atomic mass is 35.5. The van der Waals surface area contributed by atoms with E-state index in [4.69, 9.17) is 33.0 Å². The molecule has 158 valence electrons. The van der Waals surface area contributed by atoms with Gasteiger partial charge in [0.05, 0.1) is 10.0 Å². The molecule has 0 bridgehead atoms. The van der Waals surface area contributed by atoms with Crippen LogP contribution >= 0.6 is 30.8 Å². The summed E-state index contributed by atoms with van der Waals surface area (Å²) in [6.07, 6.45) is -1.36. The molecule has 0 radical (unpaired) electrons. The number of aliphatic hydroxyl groups excluding tert-OH is 1. The summed E-state index contributed by atoms with van der Waals surface area (Å²) in [5.74, 6) is -0.744. The van der Waals surface area contributed by atoms with Gasteiger partial charge in [0.15, 0.2) is 0 Å². The molecule has 0 heterocycles. The molecule has 10 heteroatoms. The average Bonchev–Trinajstić information content (AvgIpc) is 2.69. The number of hydrogen-bond acceptors (Lipinski definition) is 2. The SMILES string of the molecule is O=P(O)(O)C(F)(F)c1ccc(-c2cccc(C(O)c3cc(Cl)c(Cl)cc3F)c2)cc1. The predicted octanol–water partition coefficient (Wildman–Crippen LogP) is 6.11. The lowest BCUT2D eigenvalue weighted by molar-refractivity contribution is 0.0564. The van der Waals surface area contributed by atoms with Gasteiger partial charge in [0.1, 0.15) is 11.9 Å². The molecule has 0 fully saturated rings. The van der Waals surface area contributed by atoms with E-state index in [2.05, 4.69) is 0 Å². The van der Waals surface area contributed by atoms with Crippen LogP contribution in [0.4, 0.5) is 13.2 Å². The van der Waals surface area contributed by atoms with Gasteiger partial charge in [-0.3, -0.25) is 4.57 Å². The monoisotopic (exact) mass is 476 g/mol. The number of benzene rings is 3. The number of rotatable bonds is 5. The molecule has 3 aromatic carbocycles. The van der Waals surface area contributed by atoms with Crippen LogP contribution in [-0.4, -0.2) is 14.9 Å². The van der Waals surface area contributed by atoms with Crippen LogP contribution in [0.1, 0.15) is 22.8 Å². The normalized spacial score (nSPS) is 13.3. The fourth-order valence-electron chi connectivity index (χ4n) is 2.85. The quantitative estimate of drug-likeness (QED) is 0.306. The second kappa shape index (κ2) is 8.35. The summed E-state index contributed by atoms with van der Waals surface area (Å²) in [6, 6.07) is 12.9. The maximum Gasteiger partial charge on any atom is 0.399 e. The summed E-state index contributed by atoms with van der Waals surface area (Å²) in [6.45, 7) is 0. The minimum Gasteiger partial charge on any atom is -0.384 e. The summed E-state index contributed by atoms with van der Waals surface area (Å²) in [7, 11) is -5.67. The third kappa shape index (κ3) is 4.42. The van der Waals surface area contributed by atoms with Crippen molar-refractivity contribution < 1.29 is 32.6 Å². The Hall–Kier alpha value is -1.86. The number of halogens is 5. The molecule has 0 spiro atoms. The lowest BCUT2D eigenvalue weighted by Crippen LogP contribution is -2.13. The van der Waals surface area contributed by atoms with E-state index in [1.165, 1.54) is 24.3 Å². The van der Waals surface area contributed by atoms with Crippen molar-refractivity contribution in [1.29, 1.82) is 0 Å². The van der Waals surface area contributed by atoms with E-state index in [1.54, 1.807) is 18.2 Å². The summed E-state index contributed by atoms with van der Waals surface area (Å²) in [5, 5.41) is 10.7. The van der Waals surface area contributed by atoms with Crippen LogP contribution in [0.25, 0.3) is 11.1 Å². The molecule has 3 rings (SSSR count). The Morgan fingerprint density at radius 1 is 0.900 bits per heavy atom. The summed E-state index contributed by atoms with van der Waals surface area (Å²) >= 11 is 11.7. The van der Waals surface area contributed by atoms with Crippen LogP contribution < -0.4 is 0 Å². The number of alkyl halides is 2. The lowest BCUT2D eigenvalue weighted by atomic mass is 9.96. The van der Waals surface area contributed by atoms with Crippen LogP contribution in [0.15, 0.2) is 60.7 Å². The fourth-order valence-corrected chi connectivity index (χ4v) is 3.65. The molecule has 1 unspecified atom stereocenters. The van der Waals surface area contributed by atoms with Crippen LogP contribution in [0.5, 0.6) is 0 Å². The van der Waals surface area contributed by atoms with Crippen LogP contribution in [0, 0.1) is 5.82 Å². The highest BCUT2D eigenvalue weighted by Crippen LogP contribution is 2.59. The van der Waals surface area contributed by atoms with E-state index >= 15 is 0 Å². The minimum absolute atomic E-state index is 0.00562. The minimum atomic E-state index is -5.67. The first-order valence-electron chi connectivity index (χ1n) is 8.38. The Morgan fingerprint density at radius 3 is 2.10 bits per heavy atom. The molecule has 1 atom stereocenters. The predicted molar refractivity (Wildman–Crippen MR) is 108 cm³/mol. The van der Waals surface area contributed by atoms with Gasteiger partial charge in [-0.2, -0.15) is 8.78 Å². The molecule has 0 aliphatic heterocycles. The van der Waals surface area contributed by atoms with Gasteiger partial charge in [0.2, 0.25) is 0 Å². The van der Waals surface area contributed by atoms with Crippen LogP contribution in [0.3, 0.4) is 0 Å². The van der Waals surface area contributed by atoms with E-state index in [0.717, 1.165) is 18.2 Å². The van der Waals surface area contributed by atoms with E-state index in [1.807, 2.05) is 0 Å². The molecule has 0 aliphatic rings. The summed E-state index contributed by atoms with van der Waals surface area (Å²) in [4.78, 5) is 17.7. The standard InChI is InChI=1S/C20H14Cl2F3O4P/c21-16-9-15(18(23)10-17(16)22)19(26)13-3-1-2-12(8-13)11-4-6-14(7-5-11)20(24,25)30(27,28)29/h1-10,19,26H,(H2,27,28,29). The molecular formula is C20H14Cl2F3O4P. The molecule has 3 aromatic rings. The average molecular weight is 477 g/mol. The zero-order valence-corrected chi connectivity index (χ0v) is 17.3. The van der Waals surface area contributed by atoms with Crippen molar-refractivity contribution in [1.82, 2.24) is 0 Å². The van der Waals surface area contributed by atoms with Crippen LogP contribution in [-0.2, 0) is 10.2 Å². The molecule has 0 saturated carbocycles. The van der Waals surface area contributed by atoms with Crippen molar-refractivity contribution in [2.24, 2.45) is 0 Å².